The molecule has 0 N–H and O–H groups in total. The first-order chi connectivity index (χ1) is 14.0. The van der Waals surface area contributed by atoms with E-state index in [2.05, 4.69) is 17.1 Å². The van der Waals surface area contributed by atoms with Crippen LogP contribution in [0.2, 0.25) is 0 Å². The van der Waals surface area contributed by atoms with Crippen molar-refractivity contribution >= 4 is 11.6 Å². The van der Waals surface area contributed by atoms with Crippen molar-refractivity contribution in [2.45, 2.75) is 26.3 Å². The zero-order valence-electron chi connectivity index (χ0n) is 17.1. The van der Waals surface area contributed by atoms with E-state index >= 15 is 0 Å². The molecule has 0 saturated heterocycles. The van der Waals surface area contributed by atoms with E-state index in [0.29, 0.717) is 37.6 Å². The number of aryl methyl sites for hydroxylation is 1. The molecule has 0 aliphatic carbocycles. The Balaban J connectivity index is 1.56. The quantitative estimate of drug-likeness (QED) is 0.562. The highest BCUT2D eigenvalue weighted by Gasteiger charge is 2.15. The average molecular weight is 395 g/mol. The number of nitrogens with zero attached hydrogens (tertiary/aromatic N) is 3. The van der Waals surface area contributed by atoms with Crippen molar-refractivity contribution in [1.82, 2.24) is 9.88 Å². The number of hydrogen-bond acceptors (Lipinski definition) is 4. The summed E-state index contributed by atoms with van der Waals surface area (Å²) in [6.45, 7) is 3.19. The van der Waals surface area contributed by atoms with Crippen LogP contribution < -0.4 is 4.90 Å². The second-order valence-corrected chi connectivity index (χ2v) is 7.09. The smallest absolute Gasteiger partial charge is 0.223 e. The molecule has 0 fully saturated rings. The van der Waals surface area contributed by atoms with Gasteiger partial charge in [0.05, 0.1) is 6.20 Å². The lowest BCUT2D eigenvalue weighted by Gasteiger charge is -2.21. The van der Waals surface area contributed by atoms with E-state index in [1.54, 1.807) is 18.3 Å². The molecule has 0 radical (unpaired) electrons. The molecule has 0 unspecified atom stereocenters. The van der Waals surface area contributed by atoms with Gasteiger partial charge in [-0.2, -0.15) is 0 Å². The van der Waals surface area contributed by atoms with Crippen molar-refractivity contribution in [1.29, 1.82) is 0 Å². The lowest BCUT2D eigenvalue weighted by atomic mass is 10.1. The Morgan fingerprint density at radius 1 is 1.07 bits per heavy atom. The summed E-state index contributed by atoms with van der Waals surface area (Å²) in [5, 5.41) is 0. The van der Waals surface area contributed by atoms with Crippen molar-refractivity contribution in [3.05, 3.63) is 72.0 Å². The molecule has 1 amide bonds. The molecule has 0 aliphatic heterocycles. The molecule has 6 heteroatoms. The van der Waals surface area contributed by atoms with Crippen molar-refractivity contribution < 1.29 is 13.6 Å². The fourth-order valence-corrected chi connectivity index (χ4v) is 3.04. The maximum atomic E-state index is 13.0. The molecule has 0 atom stereocenters. The summed E-state index contributed by atoms with van der Waals surface area (Å²) in [6, 6.07) is 14.3. The van der Waals surface area contributed by atoms with Gasteiger partial charge in [-0.3, -0.25) is 4.79 Å². The van der Waals surface area contributed by atoms with E-state index < -0.39 is 0 Å². The van der Waals surface area contributed by atoms with Crippen LogP contribution in [-0.2, 0) is 17.8 Å². The highest BCUT2D eigenvalue weighted by atomic mass is 19.1. The molecule has 5 nitrogen and oxygen atoms in total. The number of carbonyl (C=O) groups excluding carboxylic acids is 1. The SMILES string of the molecule is CCN(Cc1ccc(N(C)C)cc1)C(=O)CCc1ncc(-c2ccc(F)cc2)o1. The Kier molecular flexibility index (Phi) is 6.65. The summed E-state index contributed by atoms with van der Waals surface area (Å²) in [5.41, 5.74) is 2.98. The van der Waals surface area contributed by atoms with Crippen molar-refractivity contribution in [3.8, 4) is 11.3 Å². The standard InChI is InChI=1S/C23H26FN3O2/c1-4-27(16-17-5-11-20(12-6-17)26(2)3)23(28)14-13-22-25-15-21(29-22)18-7-9-19(24)10-8-18/h5-12,15H,4,13-14,16H2,1-3H3. The lowest BCUT2D eigenvalue weighted by molar-refractivity contribution is -0.131. The van der Waals surface area contributed by atoms with Crippen molar-refractivity contribution in [2.24, 2.45) is 0 Å². The summed E-state index contributed by atoms with van der Waals surface area (Å²) in [5.74, 6) is 0.839. The Labute approximate surface area is 170 Å². The minimum Gasteiger partial charge on any atom is -0.441 e. The first-order valence-corrected chi connectivity index (χ1v) is 9.71. The summed E-state index contributed by atoms with van der Waals surface area (Å²) < 4.78 is 18.8. The largest absolute Gasteiger partial charge is 0.441 e. The topological polar surface area (TPSA) is 49.6 Å². The van der Waals surface area contributed by atoms with Gasteiger partial charge in [0.15, 0.2) is 11.7 Å². The molecular weight excluding hydrogens is 369 g/mol. The Bertz CT molecular complexity index is 934. The molecule has 0 bridgehead atoms. The second-order valence-electron chi connectivity index (χ2n) is 7.09. The van der Waals surface area contributed by atoms with Crippen LogP contribution in [0, 0.1) is 5.82 Å². The molecule has 29 heavy (non-hydrogen) atoms. The molecular formula is C23H26FN3O2. The van der Waals surface area contributed by atoms with E-state index in [-0.39, 0.29) is 11.7 Å². The van der Waals surface area contributed by atoms with E-state index in [9.17, 15) is 9.18 Å². The van der Waals surface area contributed by atoms with E-state index in [1.165, 1.54) is 12.1 Å². The number of hydrogen-bond donors (Lipinski definition) is 0. The van der Waals surface area contributed by atoms with Crippen LogP contribution >= 0.6 is 0 Å². The van der Waals surface area contributed by atoms with Gasteiger partial charge in [0.25, 0.3) is 0 Å². The van der Waals surface area contributed by atoms with Gasteiger partial charge in [-0.15, -0.1) is 0 Å². The van der Waals surface area contributed by atoms with Crippen LogP contribution in [0.4, 0.5) is 10.1 Å². The van der Waals surface area contributed by atoms with Crippen molar-refractivity contribution in [2.75, 3.05) is 25.5 Å². The van der Waals surface area contributed by atoms with Crippen LogP contribution in [-0.4, -0.2) is 36.4 Å². The highest BCUT2D eigenvalue weighted by Crippen LogP contribution is 2.21. The van der Waals surface area contributed by atoms with E-state index in [0.717, 1.165) is 16.8 Å². The number of halogens is 1. The maximum Gasteiger partial charge on any atom is 0.223 e. The number of aromatic nitrogens is 1. The molecule has 3 aromatic rings. The monoisotopic (exact) mass is 395 g/mol. The summed E-state index contributed by atoms with van der Waals surface area (Å²) >= 11 is 0. The minimum atomic E-state index is -0.296. The molecule has 2 aromatic carbocycles. The van der Waals surface area contributed by atoms with Gasteiger partial charge in [-0.05, 0) is 48.9 Å². The Morgan fingerprint density at radius 3 is 2.38 bits per heavy atom. The third-order valence-electron chi connectivity index (χ3n) is 4.80. The van der Waals surface area contributed by atoms with E-state index in [4.69, 9.17) is 4.42 Å². The molecule has 1 aromatic heterocycles. The van der Waals surface area contributed by atoms with Gasteiger partial charge in [-0.25, -0.2) is 9.37 Å². The molecule has 0 aliphatic rings. The van der Waals surface area contributed by atoms with Gasteiger partial charge in [0.1, 0.15) is 5.82 Å². The van der Waals surface area contributed by atoms with Crippen LogP contribution in [0.15, 0.2) is 59.1 Å². The van der Waals surface area contributed by atoms with Gasteiger partial charge < -0.3 is 14.2 Å². The van der Waals surface area contributed by atoms with E-state index in [1.807, 2.05) is 43.0 Å². The minimum absolute atomic E-state index is 0.0609. The van der Waals surface area contributed by atoms with Gasteiger partial charge in [0.2, 0.25) is 5.91 Å². The summed E-state index contributed by atoms with van der Waals surface area (Å²) in [4.78, 5) is 20.8. The fourth-order valence-electron chi connectivity index (χ4n) is 3.04. The first-order valence-electron chi connectivity index (χ1n) is 9.71. The molecule has 1 heterocycles. The third-order valence-corrected chi connectivity index (χ3v) is 4.80. The number of oxazole rings is 1. The van der Waals surface area contributed by atoms with Crippen LogP contribution in [0.25, 0.3) is 11.3 Å². The van der Waals surface area contributed by atoms with Crippen LogP contribution in [0.3, 0.4) is 0 Å². The lowest BCUT2D eigenvalue weighted by Crippen LogP contribution is -2.30. The second kappa shape index (κ2) is 9.37. The number of amides is 1. The zero-order valence-corrected chi connectivity index (χ0v) is 17.1. The Morgan fingerprint density at radius 2 is 1.76 bits per heavy atom. The predicted molar refractivity (Wildman–Crippen MR) is 112 cm³/mol. The van der Waals surface area contributed by atoms with Crippen LogP contribution in [0.5, 0.6) is 0 Å². The number of carbonyl (C=O) groups is 1. The molecule has 152 valence electrons. The number of benzene rings is 2. The van der Waals surface area contributed by atoms with Gasteiger partial charge in [0, 0.05) is 51.3 Å². The zero-order chi connectivity index (χ0) is 20.8. The van der Waals surface area contributed by atoms with Gasteiger partial charge in [-0.1, -0.05) is 12.1 Å². The maximum absolute atomic E-state index is 13.0. The fraction of sp³-hybridized carbons (Fsp3) is 0.304. The molecule has 3 rings (SSSR count). The highest BCUT2D eigenvalue weighted by molar-refractivity contribution is 5.76. The number of anilines is 1. The Hall–Kier alpha value is -3.15. The van der Waals surface area contributed by atoms with Crippen molar-refractivity contribution in [3.63, 3.8) is 0 Å². The average Bonchev–Trinajstić information content (AvgIpc) is 3.20. The van der Waals surface area contributed by atoms with Gasteiger partial charge >= 0.3 is 0 Å². The molecule has 0 spiro atoms. The third kappa shape index (κ3) is 5.44. The normalized spacial score (nSPS) is 10.8. The first kappa shape index (κ1) is 20.6. The summed E-state index contributed by atoms with van der Waals surface area (Å²) in [6.07, 6.45) is 2.36. The molecule has 0 saturated carbocycles. The number of rotatable bonds is 8. The van der Waals surface area contributed by atoms with Crippen LogP contribution in [0.1, 0.15) is 24.8 Å². The predicted octanol–water partition coefficient (Wildman–Crippen LogP) is 4.53. The summed E-state index contributed by atoms with van der Waals surface area (Å²) in [7, 11) is 4.00.